The summed E-state index contributed by atoms with van der Waals surface area (Å²) in [6, 6.07) is 8.78. The highest BCUT2D eigenvalue weighted by Crippen LogP contribution is 2.59. The van der Waals surface area contributed by atoms with E-state index in [9.17, 15) is 33.6 Å². The molecule has 14 heteroatoms. The van der Waals surface area contributed by atoms with Gasteiger partial charge in [-0.2, -0.15) is 0 Å². The monoisotopic (exact) mass is 869 g/mol. The maximum atomic E-state index is 14.7. The van der Waals surface area contributed by atoms with E-state index in [0.717, 1.165) is 74.6 Å². The van der Waals surface area contributed by atoms with Gasteiger partial charge in [0.1, 0.15) is 18.1 Å². The van der Waals surface area contributed by atoms with Crippen molar-refractivity contribution in [3.63, 3.8) is 0 Å². The fourth-order valence-electron chi connectivity index (χ4n) is 12.1. The fourth-order valence-corrected chi connectivity index (χ4v) is 12.1. The predicted molar refractivity (Wildman–Crippen MR) is 240 cm³/mol. The van der Waals surface area contributed by atoms with Crippen LogP contribution in [0.15, 0.2) is 36.4 Å². The number of hydrogen-bond acceptors (Lipinski definition) is 8. The Morgan fingerprint density at radius 2 is 1.25 bits per heavy atom. The van der Waals surface area contributed by atoms with Crippen LogP contribution in [0.5, 0.6) is 0 Å². The van der Waals surface area contributed by atoms with Gasteiger partial charge >= 0.3 is 5.97 Å². The number of carbonyl (C=O) groups excluding carboxylic acids is 6. The lowest BCUT2D eigenvalue weighted by Crippen LogP contribution is -2.60. The zero-order chi connectivity index (χ0) is 46.2. The first-order valence-electron chi connectivity index (χ1n) is 22.8. The normalized spacial score (nSPS) is 28.6. The van der Waals surface area contributed by atoms with Gasteiger partial charge in [0, 0.05) is 24.7 Å². The van der Waals surface area contributed by atoms with Gasteiger partial charge in [0.15, 0.2) is 0 Å². The van der Waals surface area contributed by atoms with Crippen LogP contribution < -0.4 is 32.3 Å². The number of amides is 6. The third kappa shape index (κ3) is 9.22. The number of fused-ring (bicyclic) bond motifs is 6. The Morgan fingerprint density at radius 3 is 1.78 bits per heavy atom. The number of benzene rings is 2. The lowest BCUT2D eigenvalue weighted by molar-refractivity contribution is -0.150. The molecule has 2 fully saturated rings. The van der Waals surface area contributed by atoms with Gasteiger partial charge in [0.25, 0.3) is 0 Å². The molecule has 9 atom stereocenters. The molecule has 0 spiro atoms. The van der Waals surface area contributed by atoms with Gasteiger partial charge in [0.2, 0.25) is 35.4 Å². The van der Waals surface area contributed by atoms with Crippen molar-refractivity contribution in [1.29, 1.82) is 0 Å². The second-order valence-corrected chi connectivity index (χ2v) is 20.3. The zero-order valence-electron chi connectivity index (χ0n) is 38.3. The number of nitrogens with two attached hydrogens (primary N) is 1. The number of nitrogens with one attached hydrogen (secondary N) is 5. The summed E-state index contributed by atoms with van der Waals surface area (Å²) in [7, 11) is 0. The summed E-state index contributed by atoms with van der Waals surface area (Å²) >= 11 is 0. The summed E-state index contributed by atoms with van der Waals surface area (Å²) in [4.78, 5) is 92.3. The van der Waals surface area contributed by atoms with E-state index in [1.165, 1.54) is 18.1 Å². The van der Waals surface area contributed by atoms with Crippen LogP contribution in [0.2, 0.25) is 0 Å². The second-order valence-electron chi connectivity index (χ2n) is 20.3. The van der Waals surface area contributed by atoms with Crippen molar-refractivity contribution in [2.75, 3.05) is 11.1 Å². The van der Waals surface area contributed by atoms with Crippen LogP contribution in [0.1, 0.15) is 142 Å². The molecule has 2 saturated carbocycles. The van der Waals surface area contributed by atoms with E-state index in [2.05, 4.69) is 59.5 Å². The summed E-state index contributed by atoms with van der Waals surface area (Å²) < 4.78 is 0. The molecule has 4 aliphatic carbocycles. The Morgan fingerprint density at radius 1 is 0.714 bits per heavy atom. The van der Waals surface area contributed by atoms with Gasteiger partial charge < -0.3 is 32.1 Å². The number of anilines is 2. The smallest absolute Gasteiger partial charge is 0.303 e. The van der Waals surface area contributed by atoms with E-state index >= 15 is 0 Å². The lowest BCUT2D eigenvalue weighted by Gasteiger charge is -2.56. The van der Waals surface area contributed by atoms with Crippen LogP contribution in [0.3, 0.4) is 0 Å². The van der Waals surface area contributed by atoms with Crippen molar-refractivity contribution in [1.82, 2.24) is 21.3 Å². The van der Waals surface area contributed by atoms with Crippen LogP contribution in [-0.2, 0) is 57.2 Å². The zero-order valence-corrected chi connectivity index (χ0v) is 38.3. The molecule has 342 valence electrons. The molecule has 0 saturated heterocycles. The Kier molecular flexibility index (Phi) is 13.5. The van der Waals surface area contributed by atoms with Gasteiger partial charge in [-0.05, 0) is 140 Å². The molecule has 14 nitrogen and oxygen atoms in total. The Bertz CT molecular complexity index is 2170. The standard InChI is InChI=1S/C49H68N6O8/c1-27(2)40(54-42(60)36(52-29(4)56)17-20-39(57)58)43(61)51-28(3)41(59)53-33-16-12-31-14-19-38-47(6,35(31)26-33)22-10-24-49(38,8)45(63)55-44(62)48(7)23-9-21-46(5)34-25-32(50)15-11-30(34)13-18-37(46)48/h11-12,15-16,25-28,36-38,40H,9-10,13-14,17-24,50H2,1-8H3,(H,51,61)(H,52,56)(H,53,59)(H,54,60)(H,57,58)(H,55,62,63)/t28-,36+,37+,38+,40-,46+,47+,48-,49-/m0/s1. The van der Waals surface area contributed by atoms with Crippen molar-refractivity contribution in [2.45, 2.75) is 161 Å². The van der Waals surface area contributed by atoms with E-state index in [1.54, 1.807) is 20.8 Å². The summed E-state index contributed by atoms with van der Waals surface area (Å²) in [5, 5.41) is 22.9. The van der Waals surface area contributed by atoms with Crippen molar-refractivity contribution in [3.05, 3.63) is 58.7 Å². The summed E-state index contributed by atoms with van der Waals surface area (Å²) in [5.41, 5.74) is 10.1. The lowest BCUT2D eigenvalue weighted by atomic mass is 9.49. The third-order valence-corrected chi connectivity index (χ3v) is 15.6. The second kappa shape index (κ2) is 18.1. The highest BCUT2D eigenvalue weighted by atomic mass is 16.4. The van der Waals surface area contributed by atoms with Crippen molar-refractivity contribution < 1.29 is 38.7 Å². The minimum Gasteiger partial charge on any atom is -0.481 e. The highest BCUT2D eigenvalue weighted by molar-refractivity contribution is 6.01. The number of nitrogen functional groups attached to an aromatic ring is 1. The SMILES string of the molecule is CC(=O)N[C@H](CCC(=O)O)C(=O)N[C@H](C(=O)N[C@@H](C)C(=O)Nc1ccc2c(c1)[C@@]1(C)CCC[C@](C)(C(=O)NC(=O)[C@@]3(C)CCC[C@]4(C)c5cc(N)ccc5CC[C@@H]34)[C@@H]1CC2)C(C)C. The topological polar surface area (TPSA) is 226 Å². The molecule has 6 rings (SSSR count). The number of aryl methyl sites for hydroxylation is 2. The number of carbonyl (C=O) groups is 7. The molecular formula is C49H68N6O8. The van der Waals surface area contributed by atoms with Crippen molar-refractivity contribution >= 4 is 52.8 Å². The third-order valence-electron chi connectivity index (χ3n) is 15.6. The van der Waals surface area contributed by atoms with Crippen LogP contribution in [0.25, 0.3) is 0 Å². The predicted octanol–water partition coefficient (Wildman–Crippen LogP) is 5.59. The molecule has 2 aromatic carbocycles. The molecule has 2 aromatic rings. The minimum atomic E-state index is -1.16. The first kappa shape index (κ1) is 47.2. The molecule has 6 amide bonds. The number of imide groups is 1. The first-order valence-corrected chi connectivity index (χ1v) is 22.8. The molecule has 63 heavy (non-hydrogen) atoms. The molecule has 4 aliphatic rings. The van der Waals surface area contributed by atoms with E-state index in [-0.39, 0.29) is 41.9 Å². The molecule has 0 bridgehead atoms. The van der Waals surface area contributed by atoms with E-state index < -0.39 is 69.9 Å². The Balaban J connectivity index is 1.13. The minimum absolute atomic E-state index is 0.0604. The maximum absolute atomic E-state index is 14.7. The Hall–Kier alpha value is -5.27. The van der Waals surface area contributed by atoms with Crippen molar-refractivity contribution in [2.24, 2.45) is 28.6 Å². The molecular weight excluding hydrogens is 801 g/mol. The summed E-state index contributed by atoms with van der Waals surface area (Å²) in [5.74, 6) is -4.23. The Labute approximate surface area is 371 Å². The van der Waals surface area contributed by atoms with Gasteiger partial charge in [-0.25, -0.2) is 0 Å². The maximum Gasteiger partial charge on any atom is 0.303 e. The molecule has 0 radical (unpaired) electrons. The van der Waals surface area contributed by atoms with Gasteiger partial charge in [0.05, 0.1) is 10.8 Å². The molecule has 0 aliphatic heterocycles. The van der Waals surface area contributed by atoms with Gasteiger partial charge in [-0.1, -0.05) is 66.5 Å². The van der Waals surface area contributed by atoms with E-state index in [4.69, 9.17) is 10.8 Å². The molecule has 8 N–H and O–H groups in total. The number of rotatable bonds is 13. The average molecular weight is 869 g/mol. The number of aliphatic carboxylic acids is 1. The quantitative estimate of drug-likeness (QED) is 0.0984. The fraction of sp³-hybridized carbons (Fsp3) is 0.612. The molecule has 0 unspecified atom stereocenters. The molecule has 0 aromatic heterocycles. The van der Waals surface area contributed by atoms with Crippen LogP contribution in [0, 0.1) is 28.6 Å². The number of carboxylic acids is 1. The highest BCUT2D eigenvalue weighted by Gasteiger charge is 2.58. The van der Waals surface area contributed by atoms with E-state index in [1.807, 2.05) is 31.2 Å². The number of carboxylic acid groups (broad SMARTS) is 1. The summed E-state index contributed by atoms with van der Waals surface area (Å²) in [6.45, 7) is 14.7. The number of hydrogen-bond donors (Lipinski definition) is 7. The first-order chi connectivity index (χ1) is 29.5. The van der Waals surface area contributed by atoms with E-state index in [0.29, 0.717) is 12.1 Å². The van der Waals surface area contributed by atoms with Crippen LogP contribution in [-0.4, -0.2) is 64.6 Å². The van der Waals surface area contributed by atoms with Gasteiger partial charge in [-0.15, -0.1) is 0 Å². The molecule has 0 heterocycles. The van der Waals surface area contributed by atoms with Gasteiger partial charge in [-0.3, -0.25) is 38.9 Å². The van der Waals surface area contributed by atoms with Crippen molar-refractivity contribution in [3.8, 4) is 0 Å². The largest absolute Gasteiger partial charge is 0.481 e. The van der Waals surface area contributed by atoms with Crippen LogP contribution >= 0.6 is 0 Å². The van der Waals surface area contributed by atoms with Crippen LogP contribution in [0.4, 0.5) is 11.4 Å². The average Bonchev–Trinajstić information content (AvgIpc) is 3.21. The summed E-state index contributed by atoms with van der Waals surface area (Å²) in [6.07, 6.45) is 7.62.